The fourth-order valence-electron chi connectivity index (χ4n) is 2.70. The SMILES string of the molecule is CCc1nc2ccc(Cl)cn2c1CNCc1ccc(NC)cc1. The van der Waals surface area contributed by atoms with Crippen LogP contribution < -0.4 is 10.6 Å². The van der Waals surface area contributed by atoms with Gasteiger partial charge in [0.1, 0.15) is 5.65 Å². The summed E-state index contributed by atoms with van der Waals surface area (Å²) in [5, 5.41) is 7.36. The summed E-state index contributed by atoms with van der Waals surface area (Å²) in [7, 11) is 1.93. The van der Waals surface area contributed by atoms with Gasteiger partial charge in [0.2, 0.25) is 0 Å². The largest absolute Gasteiger partial charge is 0.388 e. The number of hydrogen-bond donors (Lipinski definition) is 2. The third-order valence-corrected chi connectivity index (χ3v) is 4.19. The number of aromatic nitrogens is 2. The number of imidazole rings is 1. The summed E-state index contributed by atoms with van der Waals surface area (Å²) >= 11 is 6.13. The highest BCUT2D eigenvalue weighted by molar-refractivity contribution is 6.30. The second-order valence-electron chi connectivity index (χ2n) is 5.48. The molecule has 120 valence electrons. The quantitative estimate of drug-likeness (QED) is 0.721. The molecule has 0 spiro atoms. The Hall–Kier alpha value is -2.04. The van der Waals surface area contributed by atoms with E-state index in [0.29, 0.717) is 0 Å². The minimum absolute atomic E-state index is 0.724. The second-order valence-corrected chi connectivity index (χ2v) is 5.92. The van der Waals surface area contributed by atoms with Crippen LogP contribution in [0, 0.1) is 0 Å². The summed E-state index contributed by atoms with van der Waals surface area (Å²) in [5.74, 6) is 0. The molecule has 0 saturated heterocycles. The lowest BCUT2D eigenvalue weighted by Gasteiger charge is -2.08. The average molecular weight is 329 g/mol. The maximum Gasteiger partial charge on any atom is 0.137 e. The van der Waals surface area contributed by atoms with Crippen molar-refractivity contribution in [2.45, 2.75) is 26.4 Å². The van der Waals surface area contributed by atoms with Crippen LogP contribution in [0.25, 0.3) is 5.65 Å². The summed E-state index contributed by atoms with van der Waals surface area (Å²) in [6, 6.07) is 12.3. The van der Waals surface area contributed by atoms with Crippen LogP contribution in [-0.4, -0.2) is 16.4 Å². The standard InChI is InChI=1S/C18H21ClN4/c1-3-16-17(23-12-14(19)6-9-18(23)22-16)11-21-10-13-4-7-15(20-2)8-5-13/h4-9,12,20-21H,3,10-11H2,1-2H3. The Morgan fingerprint density at radius 2 is 1.87 bits per heavy atom. The van der Waals surface area contributed by atoms with Gasteiger partial charge in [0.25, 0.3) is 0 Å². The predicted molar refractivity (Wildman–Crippen MR) is 96.1 cm³/mol. The molecule has 2 heterocycles. The number of rotatable bonds is 6. The molecular formula is C18H21ClN4. The Morgan fingerprint density at radius 3 is 2.57 bits per heavy atom. The van der Waals surface area contributed by atoms with Crippen LogP contribution in [0.1, 0.15) is 23.9 Å². The molecule has 3 rings (SSSR count). The highest BCUT2D eigenvalue weighted by Crippen LogP contribution is 2.17. The van der Waals surface area contributed by atoms with E-state index in [9.17, 15) is 0 Å². The number of pyridine rings is 1. The highest BCUT2D eigenvalue weighted by Gasteiger charge is 2.10. The molecule has 3 aromatic rings. The molecule has 0 unspecified atom stereocenters. The lowest BCUT2D eigenvalue weighted by atomic mass is 10.2. The number of aryl methyl sites for hydroxylation is 1. The lowest BCUT2D eigenvalue weighted by molar-refractivity contribution is 0.669. The molecule has 0 aliphatic rings. The van der Waals surface area contributed by atoms with Gasteiger partial charge >= 0.3 is 0 Å². The van der Waals surface area contributed by atoms with Crippen molar-refractivity contribution in [1.29, 1.82) is 0 Å². The first-order valence-corrected chi connectivity index (χ1v) is 8.22. The lowest BCUT2D eigenvalue weighted by Crippen LogP contribution is -2.15. The van der Waals surface area contributed by atoms with Crippen LogP contribution in [0.15, 0.2) is 42.6 Å². The molecule has 0 amide bonds. The van der Waals surface area contributed by atoms with Gasteiger partial charge in [0.15, 0.2) is 0 Å². The molecule has 2 N–H and O–H groups in total. The molecule has 4 nitrogen and oxygen atoms in total. The Kier molecular flexibility index (Phi) is 4.84. The smallest absolute Gasteiger partial charge is 0.137 e. The van der Waals surface area contributed by atoms with Crippen molar-refractivity contribution in [3.05, 3.63) is 64.6 Å². The zero-order valence-electron chi connectivity index (χ0n) is 13.4. The Bertz CT molecular complexity index is 793. The number of hydrogen-bond acceptors (Lipinski definition) is 3. The van der Waals surface area contributed by atoms with Gasteiger partial charge in [-0.25, -0.2) is 4.98 Å². The molecule has 0 aliphatic heterocycles. The van der Waals surface area contributed by atoms with Crippen molar-refractivity contribution >= 4 is 22.9 Å². The number of anilines is 1. The molecule has 0 fully saturated rings. The van der Waals surface area contributed by atoms with Gasteiger partial charge in [-0.05, 0) is 36.2 Å². The summed E-state index contributed by atoms with van der Waals surface area (Å²) in [5.41, 5.74) is 5.62. The minimum Gasteiger partial charge on any atom is -0.388 e. The predicted octanol–water partition coefficient (Wildman–Crippen LogP) is 3.88. The van der Waals surface area contributed by atoms with Crippen molar-refractivity contribution in [2.24, 2.45) is 0 Å². The Morgan fingerprint density at radius 1 is 1.09 bits per heavy atom. The van der Waals surface area contributed by atoms with Crippen molar-refractivity contribution in [3.63, 3.8) is 0 Å². The monoisotopic (exact) mass is 328 g/mol. The maximum absolute atomic E-state index is 6.13. The third kappa shape index (κ3) is 3.49. The fraction of sp³-hybridized carbons (Fsp3) is 0.278. The minimum atomic E-state index is 0.724. The van der Waals surface area contributed by atoms with Crippen molar-refractivity contribution in [2.75, 3.05) is 12.4 Å². The third-order valence-electron chi connectivity index (χ3n) is 3.96. The van der Waals surface area contributed by atoms with Crippen LogP contribution in [0.3, 0.4) is 0 Å². The Balaban J connectivity index is 1.74. The van der Waals surface area contributed by atoms with Gasteiger partial charge in [-0.2, -0.15) is 0 Å². The first-order chi connectivity index (χ1) is 11.2. The van der Waals surface area contributed by atoms with Crippen LogP contribution in [-0.2, 0) is 19.5 Å². The van der Waals surface area contributed by atoms with Crippen molar-refractivity contribution in [1.82, 2.24) is 14.7 Å². The normalized spacial score (nSPS) is 11.1. The number of nitrogens with one attached hydrogen (secondary N) is 2. The van der Waals surface area contributed by atoms with Crippen LogP contribution in [0.2, 0.25) is 5.02 Å². The van der Waals surface area contributed by atoms with Gasteiger partial charge in [-0.15, -0.1) is 0 Å². The molecule has 5 heteroatoms. The molecule has 0 bridgehead atoms. The molecular weight excluding hydrogens is 308 g/mol. The summed E-state index contributed by atoms with van der Waals surface area (Å²) < 4.78 is 2.08. The van der Waals surface area contributed by atoms with Gasteiger partial charge in [0, 0.05) is 32.0 Å². The summed E-state index contributed by atoms with van der Waals surface area (Å²) in [6.45, 7) is 3.71. The fourth-order valence-corrected chi connectivity index (χ4v) is 2.86. The molecule has 0 aliphatic carbocycles. The molecule has 0 atom stereocenters. The van der Waals surface area contributed by atoms with E-state index in [0.717, 1.165) is 41.6 Å². The molecule has 2 aromatic heterocycles. The van der Waals surface area contributed by atoms with Crippen LogP contribution >= 0.6 is 11.6 Å². The second kappa shape index (κ2) is 7.02. The van der Waals surface area contributed by atoms with E-state index in [2.05, 4.69) is 51.2 Å². The number of benzene rings is 1. The van der Waals surface area contributed by atoms with E-state index in [1.807, 2.05) is 25.4 Å². The maximum atomic E-state index is 6.13. The zero-order chi connectivity index (χ0) is 16.2. The Labute approximate surface area is 141 Å². The van der Waals surface area contributed by atoms with E-state index in [1.165, 1.54) is 11.3 Å². The van der Waals surface area contributed by atoms with Gasteiger partial charge in [-0.3, -0.25) is 0 Å². The average Bonchev–Trinajstić information content (AvgIpc) is 2.93. The zero-order valence-corrected chi connectivity index (χ0v) is 14.2. The van der Waals surface area contributed by atoms with Gasteiger partial charge < -0.3 is 15.0 Å². The molecule has 23 heavy (non-hydrogen) atoms. The van der Waals surface area contributed by atoms with Gasteiger partial charge in [0.05, 0.1) is 16.4 Å². The van der Waals surface area contributed by atoms with E-state index in [4.69, 9.17) is 11.6 Å². The van der Waals surface area contributed by atoms with E-state index in [-0.39, 0.29) is 0 Å². The highest BCUT2D eigenvalue weighted by atomic mass is 35.5. The number of halogens is 1. The van der Waals surface area contributed by atoms with Crippen molar-refractivity contribution in [3.8, 4) is 0 Å². The molecule has 0 saturated carbocycles. The number of nitrogens with zero attached hydrogens (tertiary/aromatic N) is 2. The first kappa shape index (κ1) is 15.8. The van der Waals surface area contributed by atoms with Crippen molar-refractivity contribution < 1.29 is 0 Å². The van der Waals surface area contributed by atoms with Crippen LogP contribution in [0.5, 0.6) is 0 Å². The van der Waals surface area contributed by atoms with E-state index in [1.54, 1.807) is 0 Å². The summed E-state index contributed by atoms with van der Waals surface area (Å²) in [6.07, 6.45) is 2.84. The summed E-state index contributed by atoms with van der Waals surface area (Å²) in [4.78, 5) is 4.68. The van der Waals surface area contributed by atoms with E-state index < -0.39 is 0 Å². The van der Waals surface area contributed by atoms with Gasteiger partial charge in [-0.1, -0.05) is 30.7 Å². The molecule has 1 aromatic carbocycles. The number of fused-ring (bicyclic) bond motifs is 1. The molecule has 0 radical (unpaired) electrons. The van der Waals surface area contributed by atoms with E-state index >= 15 is 0 Å². The topological polar surface area (TPSA) is 41.4 Å². The van der Waals surface area contributed by atoms with Crippen LogP contribution in [0.4, 0.5) is 5.69 Å². The first-order valence-electron chi connectivity index (χ1n) is 7.84.